The lowest BCUT2D eigenvalue weighted by Gasteiger charge is -2.32. The highest BCUT2D eigenvalue weighted by atomic mass is 32.2. The molecule has 8 heteroatoms. The molecule has 2 rings (SSSR count). The largest absolute Gasteiger partial charge is 0.354 e. The zero-order chi connectivity index (χ0) is 24.4. The van der Waals surface area contributed by atoms with E-state index in [0.717, 1.165) is 28.1 Å². The van der Waals surface area contributed by atoms with Crippen molar-refractivity contribution in [2.24, 2.45) is 0 Å². The van der Waals surface area contributed by atoms with Gasteiger partial charge in [-0.2, -0.15) is 0 Å². The number of benzene rings is 2. The number of hydrogen-bond acceptors (Lipinski definition) is 4. The molecule has 0 heterocycles. The van der Waals surface area contributed by atoms with Gasteiger partial charge in [0.05, 0.1) is 11.9 Å². The smallest absolute Gasteiger partial charge is 0.244 e. The van der Waals surface area contributed by atoms with Crippen LogP contribution in [0.4, 0.5) is 5.69 Å². The van der Waals surface area contributed by atoms with Gasteiger partial charge in [-0.3, -0.25) is 13.9 Å². The Labute approximate surface area is 197 Å². The van der Waals surface area contributed by atoms with Crippen LogP contribution in [-0.2, 0) is 32.5 Å². The Morgan fingerprint density at radius 3 is 2.24 bits per heavy atom. The summed E-state index contributed by atoms with van der Waals surface area (Å²) >= 11 is 0. The first-order valence-electron chi connectivity index (χ1n) is 11.4. The Hall–Kier alpha value is -2.87. The van der Waals surface area contributed by atoms with Crippen LogP contribution in [-0.4, -0.2) is 57.1 Å². The first kappa shape index (κ1) is 26.4. The van der Waals surface area contributed by atoms with Crippen molar-refractivity contribution >= 4 is 27.5 Å². The monoisotopic (exact) mass is 473 g/mol. The molecule has 0 aromatic heterocycles. The molecule has 0 radical (unpaired) electrons. The summed E-state index contributed by atoms with van der Waals surface area (Å²) in [5.74, 6) is -0.667. The van der Waals surface area contributed by atoms with E-state index in [2.05, 4.69) is 5.32 Å². The highest BCUT2D eigenvalue weighted by molar-refractivity contribution is 7.92. The molecule has 2 aromatic rings. The van der Waals surface area contributed by atoms with Gasteiger partial charge in [-0.1, -0.05) is 62.4 Å². The molecule has 0 aliphatic carbocycles. The molecule has 7 nitrogen and oxygen atoms in total. The summed E-state index contributed by atoms with van der Waals surface area (Å²) < 4.78 is 26.5. The molecule has 0 bridgehead atoms. The van der Waals surface area contributed by atoms with Crippen LogP contribution in [0.2, 0.25) is 0 Å². The first-order chi connectivity index (χ1) is 15.7. The van der Waals surface area contributed by atoms with E-state index >= 15 is 0 Å². The van der Waals surface area contributed by atoms with E-state index in [1.807, 2.05) is 56.3 Å². The van der Waals surface area contributed by atoms with Crippen LogP contribution in [0.5, 0.6) is 0 Å². The normalized spacial score (nSPS) is 12.1. The SMILES string of the molecule is CCCNC(=O)[C@H](C)N(CCc1ccccc1)C(=O)CN(c1ccccc1CC)S(C)(=O)=O. The van der Waals surface area contributed by atoms with Crippen LogP contribution >= 0.6 is 0 Å². The fourth-order valence-corrected chi connectivity index (χ4v) is 4.49. The second kappa shape index (κ2) is 12.4. The number of rotatable bonds is 12. The van der Waals surface area contributed by atoms with E-state index in [1.165, 1.54) is 4.90 Å². The molecular weight excluding hydrogens is 438 g/mol. The van der Waals surface area contributed by atoms with Gasteiger partial charge in [-0.25, -0.2) is 8.42 Å². The Bertz CT molecular complexity index is 1020. The number of aryl methyl sites for hydroxylation is 1. The van der Waals surface area contributed by atoms with Crippen LogP contribution < -0.4 is 9.62 Å². The van der Waals surface area contributed by atoms with Crippen LogP contribution in [0, 0.1) is 0 Å². The van der Waals surface area contributed by atoms with E-state index in [-0.39, 0.29) is 12.5 Å². The van der Waals surface area contributed by atoms with Crippen LogP contribution in [0.25, 0.3) is 0 Å². The minimum atomic E-state index is -3.72. The van der Waals surface area contributed by atoms with Gasteiger partial charge in [0.15, 0.2) is 0 Å². The number of nitrogens with zero attached hydrogens (tertiary/aromatic N) is 2. The number of sulfonamides is 1. The minimum absolute atomic E-state index is 0.252. The highest BCUT2D eigenvalue weighted by Gasteiger charge is 2.30. The number of para-hydroxylation sites is 1. The Morgan fingerprint density at radius 1 is 1.00 bits per heavy atom. The molecular formula is C25H35N3O4S. The molecule has 0 unspecified atom stereocenters. The maximum absolute atomic E-state index is 13.5. The fourth-order valence-electron chi connectivity index (χ4n) is 3.61. The van der Waals surface area contributed by atoms with Gasteiger partial charge in [0.25, 0.3) is 0 Å². The van der Waals surface area contributed by atoms with E-state index < -0.39 is 22.0 Å². The molecule has 0 aliphatic rings. The van der Waals surface area contributed by atoms with Crippen LogP contribution in [0.1, 0.15) is 38.3 Å². The zero-order valence-electron chi connectivity index (χ0n) is 20.0. The Balaban J connectivity index is 2.32. The predicted octanol–water partition coefficient (Wildman–Crippen LogP) is 3.00. The maximum Gasteiger partial charge on any atom is 0.244 e. The Kier molecular flexibility index (Phi) is 9.91. The fraction of sp³-hybridized carbons (Fsp3) is 0.440. The topological polar surface area (TPSA) is 86.8 Å². The van der Waals surface area contributed by atoms with Gasteiger partial charge in [0, 0.05) is 13.1 Å². The van der Waals surface area contributed by atoms with Crippen molar-refractivity contribution in [2.45, 2.75) is 46.1 Å². The van der Waals surface area contributed by atoms with Crippen LogP contribution in [0.3, 0.4) is 0 Å². The molecule has 0 aliphatic heterocycles. The molecule has 0 saturated carbocycles. The van der Waals surface area contributed by atoms with Crippen molar-refractivity contribution in [3.05, 3.63) is 65.7 Å². The lowest BCUT2D eigenvalue weighted by atomic mass is 10.1. The van der Waals surface area contributed by atoms with Gasteiger partial charge in [0.2, 0.25) is 21.8 Å². The molecule has 33 heavy (non-hydrogen) atoms. The lowest BCUT2D eigenvalue weighted by Crippen LogP contribution is -2.52. The number of nitrogens with one attached hydrogen (secondary N) is 1. The van der Waals surface area contributed by atoms with Crippen molar-refractivity contribution in [3.63, 3.8) is 0 Å². The van der Waals surface area contributed by atoms with Crippen LogP contribution in [0.15, 0.2) is 54.6 Å². The van der Waals surface area contributed by atoms with Crippen molar-refractivity contribution in [2.75, 3.05) is 30.2 Å². The van der Waals surface area contributed by atoms with Gasteiger partial charge in [-0.15, -0.1) is 0 Å². The summed E-state index contributed by atoms with van der Waals surface area (Å²) in [5.41, 5.74) is 2.36. The number of carbonyl (C=O) groups is 2. The second-order valence-electron chi connectivity index (χ2n) is 8.04. The summed E-state index contributed by atoms with van der Waals surface area (Å²) in [6, 6.07) is 16.1. The molecule has 1 atom stereocenters. The molecule has 0 saturated heterocycles. The summed E-state index contributed by atoms with van der Waals surface area (Å²) in [4.78, 5) is 27.6. The third-order valence-corrected chi connectivity index (χ3v) is 6.65. The molecule has 0 spiro atoms. The minimum Gasteiger partial charge on any atom is -0.354 e. The summed E-state index contributed by atoms with van der Waals surface area (Å²) in [7, 11) is -3.72. The molecule has 180 valence electrons. The van der Waals surface area contributed by atoms with E-state index in [4.69, 9.17) is 0 Å². The molecule has 0 fully saturated rings. The second-order valence-corrected chi connectivity index (χ2v) is 9.95. The number of amides is 2. The summed E-state index contributed by atoms with van der Waals surface area (Å²) in [6.45, 7) is 6.03. The standard InChI is InChI=1S/C25H35N3O4S/c1-5-17-26-25(30)20(3)27(18-16-21-12-8-7-9-13-21)24(29)19-28(33(4,31)32)23-15-11-10-14-22(23)6-2/h7-15,20H,5-6,16-19H2,1-4H3,(H,26,30)/t20-/m0/s1. The van der Waals surface area contributed by atoms with Gasteiger partial charge >= 0.3 is 0 Å². The van der Waals surface area contributed by atoms with Crippen molar-refractivity contribution < 1.29 is 18.0 Å². The number of carbonyl (C=O) groups excluding carboxylic acids is 2. The first-order valence-corrected chi connectivity index (χ1v) is 13.2. The zero-order valence-corrected chi connectivity index (χ0v) is 20.8. The van der Waals surface area contributed by atoms with Crippen molar-refractivity contribution in [1.29, 1.82) is 0 Å². The van der Waals surface area contributed by atoms with E-state index in [0.29, 0.717) is 31.6 Å². The lowest BCUT2D eigenvalue weighted by molar-refractivity contribution is -0.138. The molecule has 2 amide bonds. The quantitative estimate of drug-likeness (QED) is 0.513. The predicted molar refractivity (Wildman–Crippen MR) is 133 cm³/mol. The average molecular weight is 474 g/mol. The third kappa shape index (κ3) is 7.60. The third-order valence-electron chi connectivity index (χ3n) is 5.52. The number of anilines is 1. The summed E-state index contributed by atoms with van der Waals surface area (Å²) in [5, 5.41) is 2.83. The van der Waals surface area contributed by atoms with E-state index in [1.54, 1.807) is 19.1 Å². The van der Waals surface area contributed by atoms with Gasteiger partial charge in [-0.05, 0) is 43.4 Å². The van der Waals surface area contributed by atoms with Crippen molar-refractivity contribution in [3.8, 4) is 0 Å². The van der Waals surface area contributed by atoms with Gasteiger partial charge in [0.1, 0.15) is 12.6 Å². The molecule has 1 N–H and O–H groups in total. The number of hydrogen-bond donors (Lipinski definition) is 1. The maximum atomic E-state index is 13.5. The Morgan fingerprint density at radius 2 is 1.64 bits per heavy atom. The summed E-state index contributed by atoms with van der Waals surface area (Å²) in [6.07, 6.45) is 3.07. The average Bonchev–Trinajstić information content (AvgIpc) is 2.80. The molecule has 2 aromatic carbocycles. The van der Waals surface area contributed by atoms with E-state index in [9.17, 15) is 18.0 Å². The van der Waals surface area contributed by atoms with Crippen molar-refractivity contribution in [1.82, 2.24) is 10.2 Å². The highest BCUT2D eigenvalue weighted by Crippen LogP contribution is 2.23. The van der Waals surface area contributed by atoms with Gasteiger partial charge < -0.3 is 10.2 Å².